The van der Waals surface area contributed by atoms with Crippen LogP contribution < -0.4 is 5.32 Å². The van der Waals surface area contributed by atoms with Gasteiger partial charge in [0.25, 0.3) is 0 Å². The van der Waals surface area contributed by atoms with Crippen LogP contribution in [0.4, 0.5) is 5.82 Å². The Bertz CT molecular complexity index is 944. The van der Waals surface area contributed by atoms with Gasteiger partial charge in [0.2, 0.25) is 0 Å². The first-order valence-electron chi connectivity index (χ1n) is 8.99. The van der Waals surface area contributed by atoms with Crippen LogP contribution in [0.3, 0.4) is 0 Å². The standard InChI is InChI=1S/C20H22N4O2/c1-12-8-9-13(17(26)11-12)18-14-5-4-10-21-19(14)20(24-23-18)22-15-6-2-3-7-16(15)25/h4-5,8-11,15-16,25-26H,2-3,6-7H2,1H3,(H,22,24). The van der Waals surface area contributed by atoms with Crippen molar-refractivity contribution in [2.24, 2.45) is 0 Å². The summed E-state index contributed by atoms with van der Waals surface area (Å²) in [5.74, 6) is 0.745. The van der Waals surface area contributed by atoms with Gasteiger partial charge in [-0.3, -0.25) is 4.98 Å². The lowest BCUT2D eigenvalue weighted by Crippen LogP contribution is -2.36. The number of benzene rings is 1. The Morgan fingerprint density at radius 2 is 1.96 bits per heavy atom. The van der Waals surface area contributed by atoms with Gasteiger partial charge < -0.3 is 15.5 Å². The first kappa shape index (κ1) is 16.7. The maximum atomic E-state index is 10.3. The number of aromatic hydroxyl groups is 1. The molecule has 3 aromatic rings. The van der Waals surface area contributed by atoms with Gasteiger partial charge in [0, 0.05) is 17.1 Å². The number of aliphatic hydroxyl groups is 1. The van der Waals surface area contributed by atoms with E-state index in [1.54, 1.807) is 12.3 Å². The number of phenolic OH excluding ortho intramolecular Hbond substituents is 1. The summed E-state index contributed by atoms with van der Waals surface area (Å²) in [4.78, 5) is 4.48. The molecule has 3 N–H and O–H groups in total. The van der Waals surface area contributed by atoms with Gasteiger partial charge in [-0.25, -0.2) is 0 Å². The molecular formula is C20H22N4O2. The fraction of sp³-hybridized carbons (Fsp3) is 0.350. The van der Waals surface area contributed by atoms with E-state index in [0.29, 0.717) is 22.6 Å². The molecule has 0 bridgehead atoms. The second-order valence-corrected chi connectivity index (χ2v) is 6.92. The molecule has 1 aliphatic rings. The van der Waals surface area contributed by atoms with E-state index in [4.69, 9.17) is 0 Å². The minimum atomic E-state index is -0.384. The maximum Gasteiger partial charge on any atom is 0.175 e. The molecule has 1 aliphatic carbocycles. The Morgan fingerprint density at radius 1 is 1.12 bits per heavy atom. The summed E-state index contributed by atoms with van der Waals surface area (Å²) in [5, 5.41) is 33.4. The zero-order chi connectivity index (χ0) is 18.1. The highest BCUT2D eigenvalue weighted by molar-refractivity contribution is 5.98. The van der Waals surface area contributed by atoms with E-state index in [1.165, 1.54) is 0 Å². The molecular weight excluding hydrogens is 328 g/mol. The number of hydrogen-bond donors (Lipinski definition) is 3. The van der Waals surface area contributed by atoms with Crippen LogP contribution in [0, 0.1) is 6.92 Å². The molecule has 2 aromatic heterocycles. The average Bonchev–Trinajstić information content (AvgIpc) is 2.64. The Kier molecular flexibility index (Phi) is 4.42. The average molecular weight is 350 g/mol. The lowest BCUT2D eigenvalue weighted by atomic mass is 9.92. The van der Waals surface area contributed by atoms with Crippen LogP contribution in [0.1, 0.15) is 31.2 Å². The monoisotopic (exact) mass is 350 g/mol. The summed E-state index contributed by atoms with van der Waals surface area (Å²) in [7, 11) is 0. The largest absolute Gasteiger partial charge is 0.507 e. The van der Waals surface area contributed by atoms with Crippen molar-refractivity contribution in [2.45, 2.75) is 44.8 Å². The predicted octanol–water partition coefficient (Wildman–Crippen LogP) is 3.42. The zero-order valence-corrected chi connectivity index (χ0v) is 14.7. The molecule has 6 heteroatoms. The first-order valence-corrected chi connectivity index (χ1v) is 8.99. The van der Waals surface area contributed by atoms with E-state index in [0.717, 1.165) is 36.6 Å². The summed E-state index contributed by atoms with van der Waals surface area (Å²) in [6, 6.07) is 9.22. The summed E-state index contributed by atoms with van der Waals surface area (Å²) < 4.78 is 0. The molecule has 26 heavy (non-hydrogen) atoms. The quantitative estimate of drug-likeness (QED) is 0.670. The minimum Gasteiger partial charge on any atom is -0.507 e. The third-order valence-electron chi connectivity index (χ3n) is 5.00. The highest BCUT2D eigenvalue weighted by atomic mass is 16.3. The number of pyridine rings is 1. The van der Waals surface area contributed by atoms with Crippen molar-refractivity contribution in [3.8, 4) is 17.0 Å². The summed E-state index contributed by atoms with van der Waals surface area (Å²) in [5.41, 5.74) is 2.90. The van der Waals surface area contributed by atoms with Crippen LogP contribution in [0.25, 0.3) is 22.2 Å². The fourth-order valence-electron chi connectivity index (χ4n) is 3.58. The van der Waals surface area contributed by atoms with Gasteiger partial charge in [-0.05, 0) is 49.6 Å². The summed E-state index contributed by atoms with van der Waals surface area (Å²) in [6.45, 7) is 1.93. The SMILES string of the molecule is Cc1ccc(-c2nnc(NC3CCCCC3O)c3ncccc23)c(O)c1. The Balaban J connectivity index is 1.78. The molecule has 4 rings (SSSR count). The number of phenols is 1. The number of fused-ring (bicyclic) bond motifs is 1. The molecule has 0 spiro atoms. The smallest absolute Gasteiger partial charge is 0.175 e. The van der Waals surface area contributed by atoms with E-state index >= 15 is 0 Å². The number of aliphatic hydroxyl groups excluding tert-OH is 1. The number of rotatable bonds is 3. The molecule has 0 saturated heterocycles. The van der Waals surface area contributed by atoms with Crippen molar-refractivity contribution in [1.29, 1.82) is 0 Å². The van der Waals surface area contributed by atoms with E-state index in [2.05, 4.69) is 20.5 Å². The number of anilines is 1. The lowest BCUT2D eigenvalue weighted by Gasteiger charge is -2.28. The molecule has 134 valence electrons. The number of nitrogens with one attached hydrogen (secondary N) is 1. The second-order valence-electron chi connectivity index (χ2n) is 6.92. The topological polar surface area (TPSA) is 91.2 Å². The van der Waals surface area contributed by atoms with Crippen LogP contribution in [0.5, 0.6) is 5.75 Å². The summed E-state index contributed by atoms with van der Waals surface area (Å²) >= 11 is 0. The molecule has 0 amide bonds. The van der Waals surface area contributed by atoms with Gasteiger partial charge in [-0.2, -0.15) is 0 Å². The van der Waals surface area contributed by atoms with Gasteiger partial charge in [0.1, 0.15) is 17.0 Å². The van der Waals surface area contributed by atoms with E-state index in [-0.39, 0.29) is 17.9 Å². The molecule has 2 heterocycles. The number of hydrogen-bond acceptors (Lipinski definition) is 6. The third kappa shape index (κ3) is 3.08. The number of nitrogens with zero attached hydrogens (tertiary/aromatic N) is 3. The fourth-order valence-corrected chi connectivity index (χ4v) is 3.58. The molecule has 2 unspecified atom stereocenters. The lowest BCUT2D eigenvalue weighted by molar-refractivity contribution is 0.116. The Morgan fingerprint density at radius 3 is 2.77 bits per heavy atom. The van der Waals surface area contributed by atoms with Gasteiger partial charge in [-0.15, -0.1) is 10.2 Å². The normalized spacial score (nSPS) is 20.2. The van der Waals surface area contributed by atoms with Crippen molar-refractivity contribution in [2.75, 3.05) is 5.32 Å². The van der Waals surface area contributed by atoms with Gasteiger partial charge in [0.05, 0.1) is 12.1 Å². The van der Waals surface area contributed by atoms with Crippen molar-refractivity contribution in [3.63, 3.8) is 0 Å². The molecule has 0 aliphatic heterocycles. The molecule has 0 radical (unpaired) electrons. The van der Waals surface area contributed by atoms with Crippen molar-refractivity contribution < 1.29 is 10.2 Å². The molecule has 6 nitrogen and oxygen atoms in total. The van der Waals surface area contributed by atoms with Gasteiger partial charge in [-0.1, -0.05) is 18.9 Å². The van der Waals surface area contributed by atoms with Crippen LogP contribution >= 0.6 is 0 Å². The van der Waals surface area contributed by atoms with E-state index in [9.17, 15) is 10.2 Å². The number of aryl methyl sites for hydroxylation is 1. The zero-order valence-electron chi connectivity index (χ0n) is 14.7. The second kappa shape index (κ2) is 6.88. The van der Waals surface area contributed by atoms with Crippen molar-refractivity contribution in [3.05, 3.63) is 42.1 Å². The third-order valence-corrected chi connectivity index (χ3v) is 5.00. The molecule has 2 atom stereocenters. The summed E-state index contributed by atoms with van der Waals surface area (Å²) in [6.07, 6.45) is 5.16. The Hall–Kier alpha value is -2.73. The molecule has 1 fully saturated rings. The highest BCUT2D eigenvalue weighted by Crippen LogP contribution is 2.34. The van der Waals surface area contributed by atoms with Crippen LogP contribution in [0.2, 0.25) is 0 Å². The molecule has 1 saturated carbocycles. The molecule has 1 aromatic carbocycles. The van der Waals surface area contributed by atoms with Crippen LogP contribution in [-0.4, -0.2) is 37.5 Å². The van der Waals surface area contributed by atoms with Gasteiger partial charge >= 0.3 is 0 Å². The Labute approximate surface area is 151 Å². The number of aromatic nitrogens is 3. The van der Waals surface area contributed by atoms with Crippen LogP contribution in [0.15, 0.2) is 36.5 Å². The van der Waals surface area contributed by atoms with Crippen molar-refractivity contribution >= 4 is 16.7 Å². The van der Waals surface area contributed by atoms with Crippen LogP contribution in [-0.2, 0) is 0 Å². The van der Waals surface area contributed by atoms with Gasteiger partial charge in [0.15, 0.2) is 5.82 Å². The highest BCUT2D eigenvalue weighted by Gasteiger charge is 2.24. The maximum absolute atomic E-state index is 10.3. The van der Waals surface area contributed by atoms with E-state index in [1.807, 2.05) is 31.2 Å². The van der Waals surface area contributed by atoms with E-state index < -0.39 is 0 Å². The minimum absolute atomic E-state index is 0.0399. The first-order chi connectivity index (χ1) is 12.6. The predicted molar refractivity (Wildman–Crippen MR) is 101 cm³/mol. The van der Waals surface area contributed by atoms with Crippen molar-refractivity contribution in [1.82, 2.24) is 15.2 Å².